The molecule has 6 aromatic rings. The average molecular weight is 1010 g/mol. The van der Waals surface area contributed by atoms with Crippen molar-refractivity contribution in [3.05, 3.63) is 143 Å². The molecule has 2 amide bonds. The third-order valence-electron chi connectivity index (χ3n) is 12.7. The van der Waals surface area contributed by atoms with E-state index in [1.165, 1.54) is 36.8 Å². The summed E-state index contributed by atoms with van der Waals surface area (Å²) >= 11 is 9.53. The predicted molar refractivity (Wildman–Crippen MR) is 281 cm³/mol. The Morgan fingerprint density at radius 3 is 1.28 bits per heavy atom. The number of nitrogens with two attached hydrogens (primary N) is 2. The van der Waals surface area contributed by atoms with Gasteiger partial charge < -0.3 is 26.0 Å². The maximum atomic E-state index is 13.2. The fourth-order valence-corrected chi connectivity index (χ4v) is 8.67. The lowest BCUT2D eigenvalue weighted by molar-refractivity contribution is -0.138. The van der Waals surface area contributed by atoms with Gasteiger partial charge in [-0.1, -0.05) is 48.5 Å². The minimum atomic E-state index is -0.318. The summed E-state index contributed by atoms with van der Waals surface area (Å²) < 4.78 is 8.21. The lowest BCUT2D eigenvalue weighted by Crippen LogP contribution is -2.45. The van der Waals surface area contributed by atoms with Gasteiger partial charge in [-0.05, 0) is 156 Å². The van der Waals surface area contributed by atoms with Crippen LogP contribution in [-0.2, 0) is 9.53 Å². The Morgan fingerprint density at radius 1 is 0.639 bits per heavy atom. The van der Waals surface area contributed by atoms with Crippen LogP contribution in [0.25, 0.3) is 33.9 Å². The summed E-state index contributed by atoms with van der Waals surface area (Å²) in [4.78, 5) is 39.6. The molecule has 4 aromatic carbocycles. The number of hydrogen-bond donors (Lipinski definition) is 2. The summed E-state index contributed by atoms with van der Waals surface area (Å²) in [6.07, 6.45) is 8.76. The van der Waals surface area contributed by atoms with Crippen molar-refractivity contribution in [3.8, 4) is 46.0 Å². The van der Waals surface area contributed by atoms with E-state index in [2.05, 4.69) is 65.4 Å². The van der Waals surface area contributed by atoms with Crippen LogP contribution in [-0.4, -0.2) is 96.9 Å². The van der Waals surface area contributed by atoms with Gasteiger partial charge in [0.2, 0.25) is 0 Å². The molecular formula is C56H62Cl2N10O4. The number of amides is 2. The van der Waals surface area contributed by atoms with Crippen molar-refractivity contribution in [2.75, 3.05) is 31.5 Å². The Bertz CT molecular complexity index is 2670. The van der Waals surface area contributed by atoms with E-state index in [1.807, 2.05) is 66.5 Å². The zero-order valence-corrected chi connectivity index (χ0v) is 42.6. The first-order valence-electron chi connectivity index (χ1n) is 24.5. The van der Waals surface area contributed by atoms with Crippen molar-refractivity contribution in [1.82, 2.24) is 29.4 Å². The first-order valence-corrected chi connectivity index (χ1v) is 25.5. The van der Waals surface area contributed by atoms with Crippen molar-refractivity contribution in [1.29, 1.82) is 10.5 Å². The van der Waals surface area contributed by atoms with Gasteiger partial charge in [0, 0.05) is 49.4 Å². The SMILES string of the molecule is CC(C)(C)OC=O.ClCCl.N#Cc1ccc(-c2cc(C(=O)N3CCC[C@@H](N)C3)nn2-c2ccc(C3CC3)cc2)cc1.N#Cc1ccc(-c2cc(C(=O)N3CCC[C@@H](N)C3)nn2-c2ccc(C3CC3)cc2)cc1. The van der Waals surface area contributed by atoms with Crippen LogP contribution in [0.15, 0.2) is 109 Å². The number of benzene rings is 4. The summed E-state index contributed by atoms with van der Waals surface area (Å²) in [5, 5.41) is 27.9. The fourth-order valence-electron chi connectivity index (χ4n) is 8.67. The largest absolute Gasteiger partial charge is 0.462 e. The second-order valence-electron chi connectivity index (χ2n) is 19.5. The Hall–Kier alpha value is -6.81. The van der Waals surface area contributed by atoms with Gasteiger partial charge in [-0.15, -0.1) is 23.2 Å². The molecule has 4 N–H and O–H groups in total. The third kappa shape index (κ3) is 14.2. The minimum absolute atomic E-state index is 0.0211. The molecule has 0 spiro atoms. The highest BCUT2D eigenvalue weighted by Gasteiger charge is 2.29. The summed E-state index contributed by atoms with van der Waals surface area (Å²) in [5.74, 6) is 1.20. The van der Waals surface area contributed by atoms with E-state index >= 15 is 0 Å². The molecule has 4 aliphatic rings. The molecule has 2 saturated heterocycles. The standard InChI is InChI=1S/2C25H25N5O.C5H10O2.CH2Cl2/c2*26-15-17-3-5-20(6-4-17)24-14-23(25(31)29-13-1-2-21(27)16-29)28-30(24)22-11-9-19(10-12-22)18-7-8-18;1-5(2,3)7-4-6;2-1-3/h2*3-6,9-12,14,18,21H,1-2,7-8,13,16,27H2;4H,1-3H3;1H2/t2*21-;;/m11../s1. The molecule has 16 heteroatoms. The van der Waals surface area contributed by atoms with Crippen molar-refractivity contribution in [2.24, 2.45) is 11.5 Å². The number of halogens is 2. The topological polar surface area (TPSA) is 202 Å². The zero-order chi connectivity index (χ0) is 51.4. The van der Waals surface area contributed by atoms with E-state index in [1.54, 1.807) is 34.1 Å². The lowest BCUT2D eigenvalue weighted by Gasteiger charge is -2.30. The number of nitrogens with zero attached hydrogens (tertiary/aromatic N) is 8. The molecule has 2 atom stereocenters. The molecule has 2 aliphatic heterocycles. The summed E-state index contributed by atoms with van der Waals surface area (Å²) in [6, 6.07) is 39.7. The van der Waals surface area contributed by atoms with Crippen LogP contribution in [0.5, 0.6) is 0 Å². The highest BCUT2D eigenvalue weighted by molar-refractivity contribution is 6.40. The van der Waals surface area contributed by atoms with Gasteiger partial charge in [0.15, 0.2) is 11.4 Å². The van der Waals surface area contributed by atoms with E-state index in [-0.39, 0.29) is 34.8 Å². The maximum absolute atomic E-state index is 13.2. The summed E-state index contributed by atoms with van der Waals surface area (Å²) in [5.41, 5.74) is 21.9. The van der Waals surface area contributed by atoms with E-state index in [0.29, 0.717) is 67.0 Å². The summed E-state index contributed by atoms with van der Waals surface area (Å²) in [7, 11) is 0. The molecule has 0 radical (unpaired) electrons. The van der Waals surface area contributed by atoms with Crippen LogP contribution in [0.4, 0.5) is 0 Å². The molecule has 4 fully saturated rings. The van der Waals surface area contributed by atoms with Gasteiger partial charge in [0.05, 0.1) is 51.4 Å². The van der Waals surface area contributed by atoms with Gasteiger partial charge in [0.1, 0.15) is 5.60 Å². The Labute approximate surface area is 432 Å². The number of piperidine rings is 2. The fraction of sp³-hybridized carbons (Fsp3) is 0.375. The molecule has 2 aliphatic carbocycles. The number of alkyl halides is 2. The monoisotopic (exact) mass is 1010 g/mol. The Kier molecular flexibility index (Phi) is 18.1. The van der Waals surface area contributed by atoms with Crippen LogP contribution in [0, 0.1) is 22.7 Å². The number of carbonyl (C=O) groups excluding carboxylic acids is 3. The second-order valence-corrected chi connectivity index (χ2v) is 20.3. The van der Waals surface area contributed by atoms with E-state index in [0.717, 1.165) is 59.6 Å². The van der Waals surface area contributed by atoms with Gasteiger partial charge in [-0.3, -0.25) is 14.4 Å². The molecule has 374 valence electrons. The van der Waals surface area contributed by atoms with Crippen molar-refractivity contribution in [3.63, 3.8) is 0 Å². The van der Waals surface area contributed by atoms with Gasteiger partial charge in [-0.2, -0.15) is 20.7 Å². The number of rotatable bonds is 9. The number of hydrogen-bond acceptors (Lipinski definition) is 10. The normalized spacial score (nSPS) is 17.3. The number of likely N-dealkylation sites (tertiary alicyclic amines) is 2. The second kappa shape index (κ2) is 24.5. The van der Waals surface area contributed by atoms with Gasteiger partial charge >= 0.3 is 0 Å². The molecular weight excluding hydrogens is 948 g/mol. The number of carbonyl (C=O) groups is 3. The van der Waals surface area contributed by atoms with Crippen molar-refractivity contribution < 1.29 is 19.1 Å². The molecule has 0 unspecified atom stereocenters. The number of aromatic nitrogens is 4. The predicted octanol–water partition coefficient (Wildman–Crippen LogP) is 10.1. The van der Waals surface area contributed by atoms with Crippen LogP contribution in [0.3, 0.4) is 0 Å². The van der Waals surface area contributed by atoms with Crippen LogP contribution < -0.4 is 11.5 Å². The van der Waals surface area contributed by atoms with E-state index < -0.39 is 0 Å². The highest BCUT2D eigenvalue weighted by Crippen LogP contribution is 2.41. The average Bonchev–Trinajstić information content (AvgIpc) is 4.34. The first-order chi connectivity index (χ1) is 34.7. The molecule has 0 bridgehead atoms. The lowest BCUT2D eigenvalue weighted by atomic mass is 10.1. The third-order valence-corrected chi connectivity index (χ3v) is 12.7. The van der Waals surface area contributed by atoms with E-state index in [4.69, 9.17) is 55.4 Å². The van der Waals surface area contributed by atoms with Gasteiger partial charge in [-0.25, -0.2) is 9.36 Å². The summed E-state index contributed by atoms with van der Waals surface area (Å²) in [6.45, 7) is 8.47. The molecule has 4 heterocycles. The zero-order valence-electron chi connectivity index (χ0n) is 41.1. The van der Waals surface area contributed by atoms with Crippen LogP contribution >= 0.6 is 23.2 Å². The Balaban J connectivity index is 0.000000178. The minimum Gasteiger partial charge on any atom is -0.462 e. The van der Waals surface area contributed by atoms with Crippen molar-refractivity contribution in [2.45, 2.75) is 102 Å². The number of ether oxygens (including phenoxy) is 1. The quantitative estimate of drug-likeness (QED) is 0.104. The molecule has 72 heavy (non-hydrogen) atoms. The Morgan fingerprint density at radius 2 is 1.00 bits per heavy atom. The molecule has 2 aromatic heterocycles. The van der Waals surface area contributed by atoms with Crippen molar-refractivity contribution >= 4 is 41.5 Å². The molecule has 2 saturated carbocycles. The van der Waals surface area contributed by atoms with E-state index in [9.17, 15) is 14.4 Å². The number of nitriles is 2. The molecule has 10 rings (SSSR count). The highest BCUT2D eigenvalue weighted by atomic mass is 35.5. The van der Waals surface area contributed by atoms with Gasteiger partial charge in [0.25, 0.3) is 18.3 Å². The first kappa shape index (κ1) is 53.0. The van der Waals surface area contributed by atoms with Crippen LogP contribution in [0.2, 0.25) is 0 Å². The molecule has 14 nitrogen and oxygen atoms in total. The maximum Gasteiger partial charge on any atom is 0.293 e. The van der Waals surface area contributed by atoms with Crippen LogP contribution in [0.1, 0.15) is 127 Å². The smallest absolute Gasteiger partial charge is 0.293 e.